The Hall–Kier alpha value is -0.530. The van der Waals surface area contributed by atoms with Crippen LogP contribution >= 0.6 is 0 Å². The molecule has 0 aliphatic heterocycles. The van der Waals surface area contributed by atoms with Crippen LogP contribution in [0.25, 0.3) is 0 Å². The molecule has 8 heavy (non-hydrogen) atoms. The molecule has 2 nitrogen and oxygen atoms in total. The monoisotopic (exact) mass is 115 g/mol. The van der Waals surface area contributed by atoms with Crippen molar-refractivity contribution < 1.29 is 9.90 Å². The second-order valence-electron chi connectivity index (χ2n) is 2.17. The van der Waals surface area contributed by atoms with E-state index in [4.69, 9.17) is 5.11 Å². The molecule has 47 valence electrons. The van der Waals surface area contributed by atoms with Gasteiger partial charge >= 0.3 is 5.97 Å². The number of rotatable bonds is 3. The normalized spacial score (nSPS) is 9.88. The minimum atomic E-state index is -0.821. The first-order chi connectivity index (χ1) is 3.63. The summed E-state index contributed by atoms with van der Waals surface area (Å²) in [5.41, 5.74) is 0. The topological polar surface area (TPSA) is 37.3 Å². The molecule has 0 atom stereocenters. The Labute approximate surface area is 49.5 Å². The molecule has 0 fully saturated rings. The van der Waals surface area contributed by atoms with E-state index in [-0.39, 0.29) is 0 Å². The highest BCUT2D eigenvalue weighted by Gasteiger charge is 1.98. The molecule has 0 aliphatic rings. The molecular formula is C6H11O2. The van der Waals surface area contributed by atoms with Gasteiger partial charge in [0.05, 0.1) is 6.42 Å². The summed E-state index contributed by atoms with van der Waals surface area (Å²) in [4.78, 5) is 9.85. The molecule has 0 aromatic carbocycles. The van der Waals surface area contributed by atoms with Crippen molar-refractivity contribution in [2.24, 2.45) is 5.92 Å². The molecule has 0 spiro atoms. The fraction of sp³-hybridized carbons (Fsp3) is 0.667. The lowest BCUT2D eigenvalue weighted by molar-refractivity contribution is -0.133. The first-order valence-electron chi connectivity index (χ1n) is 2.69. The molecule has 0 heterocycles. The van der Waals surface area contributed by atoms with Gasteiger partial charge < -0.3 is 5.11 Å². The van der Waals surface area contributed by atoms with Gasteiger partial charge in [0.2, 0.25) is 0 Å². The van der Waals surface area contributed by atoms with Gasteiger partial charge in [0.15, 0.2) is 0 Å². The van der Waals surface area contributed by atoms with Gasteiger partial charge in [-0.25, -0.2) is 0 Å². The van der Waals surface area contributed by atoms with Crippen LogP contribution < -0.4 is 0 Å². The Morgan fingerprint density at radius 2 is 2.25 bits per heavy atom. The van der Waals surface area contributed by atoms with Crippen LogP contribution in [0.5, 0.6) is 0 Å². The third-order valence-electron chi connectivity index (χ3n) is 0.764. The van der Waals surface area contributed by atoms with Crippen LogP contribution in [-0.4, -0.2) is 11.1 Å². The zero-order chi connectivity index (χ0) is 6.57. The lowest BCUT2D eigenvalue weighted by Gasteiger charge is -1.97. The van der Waals surface area contributed by atoms with E-state index < -0.39 is 5.97 Å². The van der Waals surface area contributed by atoms with E-state index in [1.54, 1.807) is 0 Å². The lowest BCUT2D eigenvalue weighted by atomic mass is 10.1. The van der Waals surface area contributed by atoms with Crippen molar-refractivity contribution in [3.63, 3.8) is 0 Å². The first kappa shape index (κ1) is 7.47. The summed E-state index contributed by atoms with van der Waals surface area (Å²) >= 11 is 0. The van der Waals surface area contributed by atoms with Crippen LogP contribution in [0.2, 0.25) is 0 Å². The number of hydrogen-bond donors (Lipinski definition) is 1. The van der Waals surface area contributed by atoms with E-state index >= 15 is 0 Å². The van der Waals surface area contributed by atoms with Gasteiger partial charge in [-0.05, 0) is 12.3 Å². The molecular weight excluding hydrogens is 104 g/mol. The van der Waals surface area contributed by atoms with Gasteiger partial charge in [0, 0.05) is 0 Å². The number of carbonyl (C=O) groups is 1. The fourth-order valence-corrected chi connectivity index (χ4v) is 0.337. The highest BCUT2D eigenvalue weighted by Crippen LogP contribution is 2.00. The summed E-state index contributed by atoms with van der Waals surface area (Å²) in [6.07, 6.45) is 1.94. The molecule has 2 heteroatoms. The van der Waals surface area contributed by atoms with Gasteiger partial charge in [0.1, 0.15) is 0 Å². The van der Waals surface area contributed by atoms with E-state index in [9.17, 15) is 4.79 Å². The molecule has 0 bridgehead atoms. The SMILES string of the molecule is CC(C)C[CH]C(=O)O. The van der Waals surface area contributed by atoms with Crippen molar-refractivity contribution in [3.05, 3.63) is 6.42 Å². The van der Waals surface area contributed by atoms with E-state index in [2.05, 4.69) is 0 Å². The Morgan fingerprint density at radius 1 is 1.75 bits per heavy atom. The summed E-state index contributed by atoms with van der Waals surface area (Å²) < 4.78 is 0. The van der Waals surface area contributed by atoms with Crippen LogP contribution in [0.4, 0.5) is 0 Å². The second-order valence-corrected chi connectivity index (χ2v) is 2.17. The maximum absolute atomic E-state index is 9.85. The van der Waals surface area contributed by atoms with Crippen molar-refractivity contribution in [1.29, 1.82) is 0 Å². The van der Waals surface area contributed by atoms with Gasteiger partial charge in [-0.15, -0.1) is 0 Å². The minimum Gasteiger partial charge on any atom is -0.481 e. The Balaban J connectivity index is 3.05. The van der Waals surface area contributed by atoms with Gasteiger partial charge in [-0.2, -0.15) is 0 Å². The average Bonchev–Trinajstić information content (AvgIpc) is 1.61. The fourth-order valence-electron chi connectivity index (χ4n) is 0.337. The molecule has 0 unspecified atom stereocenters. The van der Waals surface area contributed by atoms with Crippen LogP contribution in [0, 0.1) is 12.3 Å². The van der Waals surface area contributed by atoms with E-state index in [1.807, 2.05) is 13.8 Å². The van der Waals surface area contributed by atoms with Crippen molar-refractivity contribution in [1.82, 2.24) is 0 Å². The largest absolute Gasteiger partial charge is 0.481 e. The Bertz CT molecular complexity index is 76.6. The molecule has 0 amide bonds. The molecule has 0 saturated carbocycles. The Morgan fingerprint density at radius 3 is 2.38 bits per heavy atom. The maximum Gasteiger partial charge on any atom is 0.307 e. The van der Waals surface area contributed by atoms with E-state index in [0.29, 0.717) is 12.3 Å². The molecule has 0 rings (SSSR count). The number of aliphatic carboxylic acids is 1. The number of carboxylic acids is 1. The molecule has 0 saturated heterocycles. The molecule has 1 N–H and O–H groups in total. The quantitative estimate of drug-likeness (QED) is 0.602. The average molecular weight is 115 g/mol. The van der Waals surface area contributed by atoms with Crippen molar-refractivity contribution >= 4 is 5.97 Å². The van der Waals surface area contributed by atoms with Crippen LogP contribution in [-0.2, 0) is 4.79 Å². The zero-order valence-corrected chi connectivity index (χ0v) is 5.22. The summed E-state index contributed by atoms with van der Waals surface area (Å²) in [7, 11) is 0. The van der Waals surface area contributed by atoms with Crippen molar-refractivity contribution in [3.8, 4) is 0 Å². The molecule has 0 aliphatic carbocycles. The summed E-state index contributed by atoms with van der Waals surface area (Å²) in [6, 6.07) is 0. The smallest absolute Gasteiger partial charge is 0.307 e. The summed E-state index contributed by atoms with van der Waals surface area (Å²) in [5, 5.41) is 8.11. The minimum absolute atomic E-state index is 0.450. The predicted octanol–water partition coefficient (Wildman–Crippen LogP) is 1.32. The third kappa shape index (κ3) is 5.47. The standard InChI is InChI=1S/C6H11O2/c1-5(2)3-4-6(7)8/h4-5H,3H2,1-2H3,(H,7,8). The van der Waals surface area contributed by atoms with E-state index in [0.717, 1.165) is 0 Å². The maximum atomic E-state index is 9.85. The number of carboxylic acid groups (broad SMARTS) is 1. The van der Waals surface area contributed by atoms with Gasteiger partial charge in [-0.1, -0.05) is 13.8 Å². The van der Waals surface area contributed by atoms with Gasteiger partial charge in [0.25, 0.3) is 0 Å². The molecule has 0 aromatic heterocycles. The highest BCUT2D eigenvalue weighted by atomic mass is 16.4. The van der Waals surface area contributed by atoms with Crippen LogP contribution in [0.1, 0.15) is 20.3 Å². The van der Waals surface area contributed by atoms with E-state index in [1.165, 1.54) is 6.42 Å². The Kier molecular flexibility index (Phi) is 3.24. The van der Waals surface area contributed by atoms with Crippen molar-refractivity contribution in [2.45, 2.75) is 20.3 Å². The predicted molar refractivity (Wildman–Crippen MR) is 31.4 cm³/mol. The zero-order valence-electron chi connectivity index (χ0n) is 5.22. The molecule has 1 radical (unpaired) electrons. The first-order valence-corrected chi connectivity index (χ1v) is 2.69. The van der Waals surface area contributed by atoms with Gasteiger partial charge in [-0.3, -0.25) is 4.79 Å². The summed E-state index contributed by atoms with van der Waals surface area (Å²) in [6.45, 7) is 3.97. The lowest BCUT2D eigenvalue weighted by Crippen LogP contribution is -1.98. The second kappa shape index (κ2) is 3.47. The number of hydrogen-bond acceptors (Lipinski definition) is 1. The molecule has 0 aromatic rings. The van der Waals surface area contributed by atoms with Crippen LogP contribution in [0.3, 0.4) is 0 Å². The van der Waals surface area contributed by atoms with Crippen molar-refractivity contribution in [2.75, 3.05) is 0 Å². The highest BCUT2D eigenvalue weighted by molar-refractivity contribution is 5.76. The summed E-state index contributed by atoms with van der Waals surface area (Å²) in [5.74, 6) is -0.371. The third-order valence-corrected chi connectivity index (χ3v) is 0.764. The van der Waals surface area contributed by atoms with Crippen LogP contribution in [0.15, 0.2) is 0 Å².